The van der Waals surface area contributed by atoms with Crippen molar-refractivity contribution in [2.24, 2.45) is 0 Å². The largest absolute Gasteiger partial charge is 0.482 e. The first-order chi connectivity index (χ1) is 6.07. The summed E-state index contributed by atoms with van der Waals surface area (Å²) in [6.45, 7) is -3.65. The molecule has 0 amide bonds. The Morgan fingerprint density at radius 1 is 1.08 bits per heavy atom. The van der Waals surface area contributed by atoms with Crippen LogP contribution in [0.15, 0.2) is 0 Å². The van der Waals surface area contributed by atoms with Gasteiger partial charge in [0.2, 0.25) is 0 Å². The highest BCUT2D eigenvalue weighted by atomic mass is 19.4. The van der Waals surface area contributed by atoms with E-state index in [0.29, 0.717) is 19.0 Å². The fourth-order valence-electron chi connectivity index (χ4n) is 2.21. The summed E-state index contributed by atoms with van der Waals surface area (Å²) in [6, 6.07) is 0.475. The summed E-state index contributed by atoms with van der Waals surface area (Å²) >= 11 is 0. The van der Waals surface area contributed by atoms with Crippen molar-refractivity contribution >= 4 is 6.98 Å². The molecule has 1 saturated heterocycles. The third kappa shape index (κ3) is 1.85. The molecule has 1 atom stereocenters. The lowest BCUT2D eigenvalue weighted by Crippen LogP contribution is -2.39. The van der Waals surface area contributed by atoms with Crippen LogP contribution in [-0.2, 0) is 0 Å². The first-order valence-electron chi connectivity index (χ1n) is 5.01. The van der Waals surface area contributed by atoms with Crippen molar-refractivity contribution in [2.45, 2.75) is 37.5 Å². The lowest BCUT2D eigenvalue weighted by atomic mass is 9.72. The van der Waals surface area contributed by atoms with Crippen LogP contribution in [0.4, 0.5) is 12.9 Å². The third-order valence-electron chi connectivity index (χ3n) is 3.38. The Morgan fingerprint density at radius 3 is 2.15 bits per heavy atom. The summed E-state index contributed by atoms with van der Waals surface area (Å²) in [5.74, 6) is -0.999. The van der Waals surface area contributed by atoms with E-state index in [1.165, 1.54) is 6.42 Å². The molecule has 0 bridgehead atoms. The van der Waals surface area contributed by atoms with Crippen LogP contribution >= 0.6 is 0 Å². The van der Waals surface area contributed by atoms with Gasteiger partial charge >= 0.3 is 6.98 Å². The highest BCUT2D eigenvalue weighted by molar-refractivity contribution is 6.60. The van der Waals surface area contributed by atoms with E-state index in [1.54, 1.807) is 0 Å². The van der Waals surface area contributed by atoms with Crippen molar-refractivity contribution in [3.8, 4) is 0 Å². The molecule has 1 heterocycles. The summed E-state index contributed by atoms with van der Waals surface area (Å²) in [6.07, 6.45) is 3.75. The van der Waals surface area contributed by atoms with Crippen LogP contribution in [-0.4, -0.2) is 31.0 Å². The average molecular weight is 192 g/mol. The highest BCUT2D eigenvalue weighted by Crippen LogP contribution is 2.38. The molecular weight excluding hydrogens is 178 g/mol. The number of nitrogens with zero attached hydrogens (tertiary/aromatic N) is 1. The topological polar surface area (TPSA) is 3.24 Å². The van der Waals surface area contributed by atoms with Crippen LogP contribution in [0.25, 0.3) is 0 Å². The second kappa shape index (κ2) is 3.19. The van der Waals surface area contributed by atoms with Gasteiger partial charge in [-0.15, -0.1) is 0 Å². The molecule has 76 valence electrons. The van der Waals surface area contributed by atoms with Gasteiger partial charge < -0.3 is 17.8 Å². The Hall–Kier alpha value is -0.185. The van der Waals surface area contributed by atoms with Crippen molar-refractivity contribution in [1.82, 2.24) is 4.90 Å². The zero-order valence-electron chi connectivity index (χ0n) is 7.56. The second-order valence-electron chi connectivity index (χ2n) is 4.25. The fourth-order valence-corrected chi connectivity index (χ4v) is 2.21. The molecule has 0 spiro atoms. The molecule has 0 aromatic heterocycles. The minimum absolute atomic E-state index is 0.272. The molecule has 1 aliphatic carbocycles. The van der Waals surface area contributed by atoms with E-state index in [0.717, 1.165) is 12.8 Å². The molecule has 0 aromatic carbocycles. The Morgan fingerprint density at radius 2 is 1.77 bits per heavy atom. The lowest BCUT2D eigenvalue weighted by Gasteiger charge is -2.35. The molecule has 5 heteroatoms. The van der Waals surface area contributed by atoms with Crippen LogP contribution in [0, 0.1) is 0 Å². The van der Waals surface area contributed by atoms with Gasteiger partial charge in [0, 0.05) is 6.04 Å². The molecule has 0 N–H and O–H groups in total. The van der Waals surface area contributed by atoms with Crippen molar-refractivity contribution in [3.05, 3.63) is 0 Å². The molecule has 1 unspecified atom stereocenters. The van der Waals surface area contributed by atoms with E-state index < -0.39 is 12.8 Å². The smallest absolute Gasteiger partial charge is 0.449 e. The number of halogens is 3. The third-order valence-corrected chi connectivity index (χ3v) is 3.38. The zero-order valence-corrected chi connectivity index (χ0v) is 7.56. The average Bonchev–Trinajstić information content (AvgIpc) is 2.29. The first-order valence-corrected chi connectivity index (χ1v) is 5.01. The van der Waals surface area contributed by atoms with Crippen LogP contribution in [0.1, 0.15) is 25.7 Å². The molecule has 2 fully saturated rings. The minimum atomic E-state index is -4.59. The van der Waals surface area contributed by atoms with Gasteiger partial charge in [-0.05, 0) is 25.9 Å². The molecule has 0 radical (unpaired) electrons. The number of likely N-dealkylation sites (tertiary alicyclic amines) is 1. The van der Waals surface area contributed by atoms with Crippen LogP contribution in [0.2, 0.25) is 5.82 Å². The maximum atomic E-state index is 12.4. The van der Waals surface area contributed by atoms with E-state index in [4.69, 9.17) is 0 Å². The number of hydrogen-bond donors (Lipinski definition) is 0. The summed E-state index contributed by atoms with van der Waals surface area (Å²) in [5, 5.41) is 0. The van der Waals surface area contributed by atoms with E-state index in [2.05, 4.69) is 0 Å². The van der Waals surface area contributed by atoms with E-state index in [1.807, 2.05) is 4.90 Å². The summed E-state index contributed by atoms with van der Waals surface area (Å²) < 4.78 is 37.1. The van der Waals surface area contributed by atoms with Crippen LogP contribution in [0.5, 0.6) is 0 Å². The molecule has 0 aromatic rings. The Labute approximate surface area is 76.3 Å². The van der Waals surface area contributed by atoms with Gasteiger partial charge in [0.15, 0.2) is 0 Å². The second-order valence-corrected chi connectivity index (χ2v) is 4.25. The van der Waals surface area contributed by atoms with Gasteiger partial charge in [-0.2, -0.15) is 0 Å². The van der Waals surface area contributed by atoms with Crippen molar-refractivity contribution in [2.75, 3.05) is 13.1 Å². The van der Waals surface area contributed by atoms with Crippen molar-refractivity contribution in [1.29, 1.82) is 0 Å². The Bertz CT molecular complexity index is 190. The standard InChI is InChI=1S/C8H14BF3N/c10-9(11,12)7-4-5-13(6-7)8-2-1-3-8/h7-8H,1-6H2/q-1. The first kappa shape index (κ1) is 9.37. The fraction of sp³-hybridized carbons (Fsp3) is 1.00. The highest BCUT2D eigenvalue weighted by Gasteiger charge is 2.41. The van der Waals surface area contributed by atoms with Crippen LogP contribution < -0.4 is 0 Å². The molecule has 1 saturated carbocycles. The lowest BCUT2D eigenvalue weighted by molar-refractivity contribution is 0.157. The normalized spacial score (nSPS) is 32.1. The van der Waals surface area contributed by atoms with E-state index in [-0.39, 0.29) is 6.54 Å². The van der Waals surface area contributed by atoms with Gasteiger partial charge in [-0.25, -0.2) is 0 Å². The quantitative estimate of drug-likeness (QED) is 0.607. The number of rotatable bonds is 2. The SMILES string of the molecule is F[B-](F)(F)C1CCN(C2CCC2)C1. The molecule has 2 aliphatic rings. The van der Waals surface area contributed by atoms with Gasteiger partial charge in [0.25, 0.3) is 0 Å². The van der Waals surface area contributed by atoms with Gasteiger partial charge in [0.05, 0.1) is 0 Å². The summed E-state index contributed by atoms with van der Waals surface area (Å²) in [5.41, 5.74) is 0. The molecule has 1 aliphatic heterocycles. The maximum Gasteiger partial charge on any atom is 0.482 e. The van der Waals surface area contributed by atoms with Gasteiger partial charge in [-0.3, -0.25) is 0 Å². The summed E-state index contributed by atoms with van der Waals surface area (Å²) in [7, 11) is 0. The zero-order chi connectivity index (χ0) is 9.47. The monoisotopic (exact) mass is 192 g/mol. The van der Waals surface area contributed by atoms with Crippen molar-refractivity contribution in [3.63, 3.8) is 0 Å². The maximum absolute atomic E-state index is 12.4. The predicted octanol–water partition coefficient (Wildman–Crippen LogP) is 2.46. The Kier molecular flexibility index (Phi) is 2.30. The molecule has 13 heavy (non-hydrogen) atoms. The number of hydrogen-bond acceptors (Lipinski definition) is 1. The molecule has 1 nitrogen and oxygen atoms in total. The van der Waals surface area contributed by atoms with Gasteiger partial charge in [-0.1, -0.05) is 18.7 Å². The summed E-state index contributed by atoms with van der Waals surface area (Å²) in [4.78, 5) is 2.03. The molecule has 2 rings (SSSR count). The van der Waals surface area contributed by atoms with E-state index in [9.17, 15) is 12.9 Å². The van der Waals surface area contributed by atoms with Gasteiger partial charge in [0.1, 0.15) is 0 Å². The van der Waals surface area contributed by atoms with Crippen LogP contribution in [0.3, 0.4) is 0 Å². The van der Waals surface area contributed by atoms with E-state index >= 15 is 0 Å². The minimum Gasteiger partial charge on any atom is -0.449 e. The predicted molar refractivity (Wildman–Crippen MR) is 46.7 cm³/mol. The van der Waals surface area contributed by atoms with Crippen molar-refractivity contribution < 1.29 is 12.9 Å². The Balaban J connectivity index is 1.86. The molecular formula is C8H14BF3N-.